The Hall–Kier alpha value is -1.91. The Morgan fingerprint density at radius 2 is 2.18 bits per heavy atom. The normalized spacial score (nSPS) is 11.4. The van der Waals surface area contributed by atoms with E-state index >= 15 is 0 Å². The van der Waals surface area contributed by atoms with Gasteiger partial charge in [0.25, 0.3) is 0 Å². The van der Waals surface area contributed by atoms with E-state index in [1.807, 2.05) is 6.92 Å². The highest BCUT2D eigenvalue weighted by Crippen LogP contribution is 2.10. The third kappa shape index (κ3) is 4.63. The lowest BCUT2D eigenvalue weighted by Gasteiger charge is -2.05. The first-order valence-electron chi connectivity index (χ1n) is 5.11. The van der Waals surface area contributed by atoms with Gasteiger partial charge in [-0.25, -0.2) is 13.8 Å². The maximum atomic E-state index is 13.2. The van der Waals surface area contributed by atoms with Crippen LogP contribution in [0.4, 0.5) is 8.78 Å². The summed E-state index contributed by atoms with van der Waals surface area (Å²) in [5, 5.41) is 2.80. The highest BCUT2D eigenvalue weighted by molar-refractivity contribution is 5.78. The van der Waals surface area contributed by atoms with Crippen LogP contribution in [0.15, 0.2) is 35.3 Å². The maximum absolute atomic E-state index is 13.2. The van der Waals surface area contributed by atoms with Crippen LogP contribution in [0.5, 0.6) is 0 Å². The van der Waals surface area contributed by atoms with Crippen molar-refractivity contribution < 1.29 is 8.78 Å². The molecule has 0 saturated carbocycles. The largest absolute Gasteiger partial charge is 0.370 e. The molecule has 0 saturated heterocycles. The number of aliphatic imine (C=N–C) groups is 1. The summed E-state index contributed by atoms with van der Waals surface area (Å²) in [7, 11) is 0. The lowest BCUT2D eigenvalue weighted by atomic mass is 10.2. The molecule has 1 rings (SSSR count). The SMILES string of the molecule is C=C(C)CNC(N)=NCc1cc(F)ccc1F. The minimum absolute atomic E-state index is 0.00137. The molecule has 0 unspecified atom stereocenters. The summed E-state index contributed by atoms with van der Waals surface area (Å²) < 4.78 is 26.1. The number of nitrogens with zero attached hydrogens (tertiary/aromatic N) is 1. The molecule has 92 valence electrons. The number of nitrogens with two attached hydrogens (primary N) is 1. The lowest BCUT2D eigenvalue weighted by molar-refractivity contribution is 0.585. The fourth-order valence-electron chi connectivity index (χ4n) is 1.13. The van der Waals surface area contributed by atoms with Crippen molar-refractivity contribution in [3.63, 3.8) is 0 Å². The molecule has 0 heterocycles. The van der Waals surface area contributed by atoms with E-state index in [0.717, 1.165) is 23.8 Å². The van der Waals surface area contributed by atoms with Crippen molar-refractivity contribution in [3.8, 4) is 0 Å². The summed E-state index contributed by atoms with van der Waals surface area (Å²) in [4.78, 5) is 3.90. The Balaban J connectivity index is 2.62. The summed E-state index contributed by atoms with van der Waals surface area (Å²) in [6.45, 7) is 6.03. The molecule has 0 aliphatic rings. The van der Waals surface area contributed by atoms with Gasteiger partial charge >= 0.3 is 0 Å². The molecule has 0 fully saturated rings. The maximum Gasteiger partial charge on any atom is 0.189 e. The minimum Gasteiger partial charge on any atom is -0.370 e. The number of hydrogen-bond donors (Lipinski definition) is 2. The van der Waals surface area contributed by atoms with E-state index in [1.54, 1.807) is 0 Å². The molecule has 3 nitrogen and oxygen atoms in total. The first kappa shape index (κ1) is 13.2. The first-order valence-corrected chi connectivity index (χ1v) is 5.11. The van der Waals surface area contributed by atoms with Crippen molar-refractivity contribution in [1.29, 1.82) is 0 Å². The zero-order chi connectivity index (χ0) is 12.8. The van der Waals surface area contributed by atoms with E-state index in [-0.39, 0.29) is 18.1 Å². The number of nitrogens with one attached hydrogen (secondary N) is 1. The van der Waals surface area contributed by atoms with Gasteiger partial charge in [0.15, 0.2) is 5.96 Å². The molecular weight excluding hydrogens is 224 g/mol. The van der Waals surface area contributed by atoms with Crippen molar-refractivity contribution in [2.45, 2.75) is 13.5 Å². The van der Waals surface area contributed by atoms with Crippen LogP contribution in [0, 0.1) is 11.6 Å². The molecule has 1 aromatic rings. The Bertz CT molecular complexity index is 441. The number of rotatable bonds is 4. The molecule has 0 bridgehead atoms. The van der Waals surface area contributed by atoms with Gasteiger partial charge in [-0.05, 0) is 25.1 Å². The number of guanidine groups is 1. The molecule has 5 heteroatoms. The minimum atomic E-state index is -0.497. The molecule has 3 N–H and O–H groups in total. The van der Waals surface area contributed by atoms with Crippen LogP contribution >= 0.6 is 0 Å². The van der Waals surface area contributed by atoms with Crippen molar-refractivity contribution in [1.82, 2.24) is 5.32 Å². The highest BCUT2D eigenvalue weighted by atomic mass is 19.1. The molecule has 0 spiro atoms. The quantitative estimate of drug-likeness (QED) is 0.479. The molecule has 0 aliphatic carbocycles. The van der Waals surface area contributed by atoms with E-state index in [9.17, 15) is 8.78 Å². The molecule has 1 aromatic carbocycles. The summed E-state index contributed by atoms with van der Waals surface area (Å²) in [5.74, 6) is -0.815. The van der Waals surface area contributed by atoms with Gasteiger partial charge in [-0.1, -0.05) is 12.2 Å². The molecule has 0 aromatic heterocycles. The van der Waals surface area contributed by atoms with Crippen LogP contribution in [0.3, 0.4) is 0 Å². The van der Waals surface area contributed by atoms with Gasteiger partial charge in [-0.3, -0.25) is 0 Å². The predicted molar refractivity (Wildman–Crippen MR) is 64.5 cm³/mol. The van der Waals surface area contributed by atoms with E-state index in [0.29, 0.717) is 6.54 Å². The third-order valence-corrected chi connectivity index (χ3v) is 2.00. The molecular formula is C12H15F2N3. The van der Waals surface area contributed by atoms with Crippen molar-refractivity contribution in [2.24, 2.45) is 10.7 Å². The standard InChI is InChI=1S/C12H15F2N3/c1-8(2)6-16-12(15)17-7-9-5-10(13)3-4-11(9)14/h3-5H,1,6-7H2,2H3,(H3,15,16,17). The van der Waals surface area contributed by atoms with Crippen molar-refractivity contribution in [2.75, 3.05) is 6.54 Å². The van der Waals surface area contributed by atoms with Gasteiger partial charge in [0, 0.05) is 12.1 Å². The van der Waals surface area contributed by atoms with E-state index in [1.165, 1.54) is 0 Å². The second-order valence-electron chi connectivity index (χ2n) is 3.75. The second kappa shape index (κ2) is 5.98. The Morgan fingerprint density at radius 3 is 2.82 bits per heavy atom. The van der Waals surface area contributed by atoms with Crippen LogP contribution in [-0.4, -0.2) is 12.5 Å². The number of benzene rings is 1. The smallest absolute Gasteiger partial charge is 0.189 e. The highest BCUT2D eigenvalue weighted by Gasteiger charge is 2.03. The monoisotopic (exact) mass is 239 g/mol. The summed E-state index contributed by atoms with van der Waals surface area (Å²) in [6, 6.07) is 3.23. The topological polar surface area (TPSA) is 50.4 Å². The van der Waals surface area contributed by atoms with Crippen LogP contribution in [0.2, 0.25) is 0 Å². The number of halogens is 2. The molecule has 0 atom stereocenters. The second-order valence-corrected chi connectivity index (χ2v) is 3.75. The molecule has 17 heavy (non-hydrogen) atoms. The van der Waals surface area contributed by atoms with Crippen molar-refractivity contribution >= 4 is 5.96 Å². The van der Waals surface area contributed by atoms with Gasteiger partial charge in [0.05, 0.1) is 6.54 Å². The summed E-state index contributed by atoms with van der Waals surface area (Å²) in [5.41, 5.74) is 6.61. The lowest BCUT2D eigenvalue weighted by Crippen LogP contribution is -2.32. The van der Waals surface area contributed by atoms with E-state index < -0.39 is 11.6 Å². The molecule has 0 radical (unpaired) electrons. The first-order chi connectivity index (χ1) is 7.99. The Kier molecular flexibility index (Phi) is 4.63. The van der Waals surface area contributed by atoms with Gasteiger partial charge in [0.2, 0.25) is 0 Å². The average Bonchev–Trinajstić information content (AvgIpc) is 2.27. The molecule has 0 amide bonds. The van der Waals surface area contributed by atoms with Gasteiger partial charge in [0.1, 0.15) is 11.6 Å². The fourth-order valence-corrected chi connectivity index (χ4v) is 1.13. The van der Waals surface area contributed by atoms with Crippen LogP contribution < -0.4 is 11.1 Å². The summed E-state index contributed by atoms with van der Waals surface area (Å²) >= 11 is 0. The third-order valence-electron chi connectivity index (χ3n) is 2.00. The fraction of sp³-hybridized carbons (Fsp3) is 0.250. The van der Waals surface area contributed by atoms with Gasteiger partial charge in [-0.15, -0.1) is 0 Å². The van der Waals surface area contributed by atoms with E-state index in [2.05, 4.69) is 16.9 Å². The van der Waals surface area contributed by atoms with Crippen LogP contribution in [-0.2, 0) is 6.54 Å². The predicted octanol–water partition coefficient (Wildman–Crippen LogP) is 1.95. The van der Waals surface area contributed by atoms with Crippen LogP contribution in [0.1, 0.15) is 12.5 Å². The number of hydrogen-bond acceptors (Lipinski definition) is 1. The Labute approximate surface area is 99.0 Å². The van der Waals surface area contributed by atoms with E-state index in [4.69, 9.17) is 5.73 Å². The summed E-state index contributed by atoms with van der Waals surface area (Å²) in [6.07, 6.45) is 0. The zero-order valence-electron chi connectivity index (χ0n) is 9.63. The van der Waals surface area contributed by atoms with Gasteiger partial charge < -0.3 is 11.1 Å². The zero-order valence-corrected chi connectivity index (χ0v) is 9.63. The van der Waals surface area contributed by atoms with Crippen LogP contribution in [0.25, 0.3) is 0 Å². The van der Waals surface area contributed by atoms with Gasteiger partial charge in [-0.2, -0.15) is 0 Å². The molecule has 0 aliphatic heterocycles. The average molecular weight is 239 g/mol. The Morgan fingerprint density at radius 1 is 1.47 bits per heavy atom. The van der Waals surface area contributed by atoms with Crippen molar-refractivity contribution in [3.05, 3.63) is 47.5 Å².